The number of carbonyl (C=O) groups is 1. The van der Waals surface area contributed by atoms with Crippen molar-refractivity contribution in [2.45, 2.75) is 31.0 Å². The van der Waals surface area contributed by atoms with E-state index < -0.39 is 5.97 Å². The molecule has 0 aliphatic carbocycles. The summed E-state index contributed by atoms with van der Waals surface area (Å²) >= 11 is 1.28. The predicted octanol–water partition coefficient (Wildman–Crippen LogP) is 1.55. The van der Waals surface area contributed by atoms with E-state index in [0.717, 1.165) is 24.7 Å². The molecule has 0 spiro atoms. The highest BCUT2D eigenvalue weighted by Crippen LogP contribution is 2.16. The van der Waals surface area contributed by atoms with Gasteiger partial charge in [-0.2, -0.15) is 0 Å². The van der Waals surface area contributed by atoms with Gasteiger partial charge in [-0.1, -0.05) is 11.8 Å². The molecule has 1 saturated heterocycles. The van der Waals surface area contributed by atoms with Crippen LogP contribution in [0, 0.1) is 0 Å². The minimum Gasteiger partial charge on any atom is -0.481 e. The van der Waals surface area contributed by atoms with Crippen molar-refractivity contribution in [2.75, 3.05) is 25.4 Å². The van der Waals surface area contributed by atoms with Gasteiger partial charge in [0.05, 0.1) is 5.75 Å². The number of nitrogens with zero attached hydrogens (tertiary/aromatic N) is 3. The molecule has 6 heteroatoms. The number of thioether (sulfide) groups is 1. The van der Waals surface area contributed by atoms with Crippen molar-refractivity contribution in [3.63, 3.8) is 0 Å². The second-order valence-electron chi connectivity index (χ2n) is 4.49. The van der Waals surface area contributed by atoms with Crippen LogP contribution in [-0.4, -0.2) is 50.9 Å². The smallest absolute Gasteiger partial charge is 0.313 e. The molecular weight excluding hydrogens is 250 g/mol. The number of imidazole rings is 1. The average Bonchev–Trinajstić information content (AvgIpc) is 2.97. The summed E-state index contributed by atoms with van der Waals surface area (Å²) in [5.41, 5.74) is 0. The molecule has 2 rings (SSSR count). The van der Waals surface area contributed by atoms with E-state index in [0.29, 0.717) is 0 Å². The number of aryl methyl sites for hydroxylation is 1. The van der Waals surface area contributed by atoms with Gasteiger partial charge in [-0.3, -0.25) is 4.79 Å². The van der Waals surface area contributed by atoms with Gasteiger partial charge in [0.15, 0.2) is 5.16 Å². The summed E-state index contributed by atoms with van der Waals surface area (Å²) in [7, 11) is 0. The van der Waals surface area contributed by atoms with Crippen LogP contribution in [0.1, 0.15) is 19.3 Å². The number of aromatic nitrogens is 2. The van der Waals surface area contributed by atoms with Gasteiger partial charge in [0.25, 0.3) is 0 Å². The van der Waals surface area contributed by atoms with Crippen LogP contribution in [0.3, 0.4) is 0 Å². The Morgan fingerprint density at radius 2 is 2.17 bits per heavy atom. The highest BCUT2D eigenvalue weighted by molar-refractivity contribution is 7.99. The molecule has 0 amide bonds. The molecule has 1 aliphatic rings. The van der Waals surface area contributed by atoms with Crippen molar-refractivity contribution in [2.24, 2.45) is 0 Å². The summed E-state index contributed by atoms with van der Waals surface area (Å²) in [5, 5.41) is 9.46. The topological polar surface area (TPSA) is 58.4 Å². The zero-order valence-electron chi connectivity index (χ0n) is 10.4. The van der Waals surface area contributed by atoms with E-state index in [9.17, 15) is 4.79 Å². The maximum atomic E-state index is 10.5. The Hall–Kier alpha value is -1.01. The molecule has 1 aromatic heterocycles. The van der Waals surface area contributed by atoms with Crippen LogP contribution in [0.5, 0.6) is 0 Å². The zero-order valence-corrected chi connectivity index (χ0v) is 11.2. The van der Waals surface area contributed by atoms with E-state index in [4.69, 9.17) is 5.11 Å². The first-order valence-corrected chi connectivity index (χ1v) is 7.32. The SMILES string of the molecule is O=C(O)CSc1nccn1CCCN1CCCC1. The lowest BCUT2D eigenvalue weighted by molar-refractivity contribution is -0.133. The van der Waals surface area contributed by atoms with E-state index in [1.165, 1.54) is 37.7 Å². The van der Waals surface area contributed by atoms with E-state index in [1.54, 1.807) is 6.20 Å². The van der Waals surface area contributed by atoms with E-state index in [-0.39, 0.29) is 5.75 Å². The molecule has 1 fully saturated rings. The van der Waals surface area contributed by atoms with Crippen LogP contribution in [0.15, 0.2) is 17.6 Å². The second-order valence-corrected chi connectivity index (χ2v) is 5.43. The minimum atomic E-state index is -0.799. The fraction of sp³-hybridized carbons (Fsp3) is 0.667. The molecule has 0 atom stereocenters. The summed E-state index contributed by atoms with van der Waals surface area (Å²) in [6.45, 7) is 4.49. The van der Waals surface area contributed by atoms with Gasteiger partial charge in [-0.15, -0.1) is 0 Å². The number of hydrogen-bond donors (Lipinski definition) is 1. The van der Waals surface area contributed by atoms with E-state index >= 15 is 0 Å². The van der Waals surface area contributed by atoms with Gasteiger partial charge in [-0.25, -0.2) is 4.98 Å². The molecule has 0 aromatic carbocycles. The monoisotopic (exact) mass is 269 g/mol. The van der Waals surface area contributed by atoms with E-state index in [2.05, 4.69) is 9.88 Å². The van der Waals surface area contributed by atoms with Gasteiger partial charge in [0.2, 0.25) is 0 Å². The molecule has 18 heavy (non-hydrogen) atoms. The predicted molar refractivity (Wildman–Crippen MR) is 70.9 cm³/mol. The van der Waals surface area contributed by atoms with Crippen molar-refractivity contribution in [1.82, 2.24) is 14.5 Å². The summed E-state index contributed by atoms with van der Waals surface area (Å²) < 4.78 is 2.05. The highest BCUT2D eigenvalue weighted by Gasteiger charge is 2.11. The van der Waals surface area contributed by atoms with Crippen LogP contribution >= 0.6 is 11.8 Å². The van der Waals surface area contributed by atoms with Crippen LogP contribution in [0.2, 0.25) is 0 Å². The maximum Gasteiger partial charge on any atom is 0.313 e. The first kappa shape index (κ1) is 13.4. The quantitative estimate of drug-likeness (QED) is 0.761. The Kier molecular flexibility index (Phi) is 5.07. The number of rotatable bonds is 7. The fourth-order valence-corrected chi connectivity index (χ4v) is 2.91. The number of hydrogen-bond acceptors (Lipinski definition) is 4. The van der Waals surface area contributed by atoms with Gasteiger partial charge in [-0.05, 0) is 38.9 Å². The molecule has 0 unspecified atom stereocenters. The van der Waals surface area contributed by atoms with Crippen molar-refractivity contribution in [1.29, 1.82) is 0 Å². The molecule has 0 radical (unpaired) electrons. The number of likely N-dealkylation sites (tertiary alicyclic amines) is 1. The van der Waals surface area contributed by atoms with Gasteiger partial charge >= 0.3 is 5.97 Å². The maximum absolute atomic E-state index is 10.5. The lowest BCUT2D eigenvalue weighted by Gasteiger charge is -2.14. The molecule has 0 bridgehead atoms. The first-order chi connectivity index (χ1) is 8.75. The summed E-state index contributed by atoms with van der Waals surface area (Å²) in [5.74, 6) is -0.727. The highest BCUT2D eigenvalue weighted by atomic mass is 32.2. The van der Waals surface area contributed by atoms with Crippen molar-refractivity contribution in [3.8, 4) is 0 Å². The third-order valence-electron chi connectivity index (χ3n) is 3.07. The standard InChI is InChI=1S/C12H19N3O2S/c16-11(17)10-18-12-13-4-9-15(12)8-3-7-14-5-1-2-6-14/h4,9H,1-3,5-8,10H2,(H,16,17). The third-order valence-corrected chi connectivity index (χ3v) is 4.06. The number of aliphatic carboxylic acids is 1. The molecule has 1 aromatic rings. The van der Waals surface area contributed by atoms with Gasteiger partial charge in [0.1, 0.15) is 0 Å². The molecule has 2 heterocycles. The second kappa shape index (κ2) is 6.80. The van der Waals surface area contributed by atoms with Gasteiger partial charge < -0.3 is 14.6 Å². The summed E-state index contributed by atoms with van der Waals surface area (Å²) in [4.78, 5) is 17.2. The van der Waals surface area contributed by atoms with Crippen LogP contribution in [0.25, 0.3) is 0 Å². The van der Waals surface area contributed by atoms with Crippen molar-refractivity contribution >= 4 is 17.7 Å². The number of carboxylic acids is 1. The Balaban J connectivity index is 1.74. The van der Waals surface area contributed by atoms with Crippen molar-refractivity contribution < 1.29 is 9.90 Å². The lowest BCUT2D eigenvalue weighted by atomic mass is 10.4. The number of carboxylic acid groups (broad SMARTS) is 1. The molecule has 1 aliphatic heterocycles. The Morgan fingerprint density at radius 3 is 2.89 bits per heavy atom. The first-order valence-electron chi connectivity index (χ1n) is 6.34. The fourth-order valence-electron chi connectivity index (χ4n) is 2.20. The minimum absolute atomic E-state index is 0.0726. The summed E-state index contributed by atoms with van der Waals surface area (Å²) in [6.07, 6.45) is 7.40. The van der Waals surface area contributed by atoms with Crippen LogP contribution < -0.4 is 0 Å². The van der Waals surface area contributed by atoms with Crippen LogP contribution in [-0.2, 0) is 11.3 Å². The van der Waals surface area contributed by atoms with Crippen LogP contribution in [0.4, 0.5) is 0 Å². The zero-order chi connectivity index (χ0) is 12.8. The Bertz CT molecular complexity index is 388. The largest absolute Gasteiger partial charge is 0.481 e. The Morgan fingerprint density at radius 1 is 1.39 bits per heavy atom. The third kappa shape index (κ3) is 4.03. The normalized spacial score (nSPS) is 16.2. The molecular formula is C12H19N3O2S. The van der Waals surface area contributed by atoms with E-state index in [1.807, 2.05) is 10.8 Å². The molecule has 5 nitrogen and oxygen atoms in total. The average molecular weight is 269 g/mol. The summed E-state index contributed by atoms with van der Waals surface area (Å²) in [6, 6.07) is 0. The molecule has 0 saturated carbocycles. The Labute approximate surface area is 111 Å². The molecule has 100 valence electrons. The molecule has 1 N–H and O–H groups in total. The lowest BCUT2D eigenvalue weighted by Crippen LogP contribution is -2.21. The van der Waals surface area contributed by atoms with Crippen molar-refractivity contribution in [3.05, 3.63) is 12.4 Å². The van der Waals surface area contributed by atoms with Gasteiger partial charge in [0, 0.05) is 18.9 Å².